The van der Waals surface area contributed by atoms with E-state index in [1.165, 1.54) is 5.56 Å². The van der Waals surface area contributed by atoms with Crippen LogP contribution in [0.25, 0.3) is 0 Å². The van der Waals surface area contributed by atoms with Gasteiger partial charge in [-0.25, -0.2) is 0 Å². The maximum atomic E-state index is 12.6. The summed E-state index contributed by atoms with van der Waals surface area (Å²) in [6, 6.07) is 8.09. The lowest BCUT2D eigenvalue weighted by Gasteiger charge is -2.53. The molecule has 1 amide bonds. The van der Waals surface area contributed by atoms with Gasteiger partial charge in [0, 0.05) is 25.0 Å². The number of carbonyl (C=O) groups excluding carboxylic acids is 1. The molecule has 0 radical (unpaired) electrons. The molecule has 1 aromatic carbocycles. The van der Waals surface area contributed by atoms with Crippen LogP contribution in [0.1, 0.15) is 5.56 Å². The number of hydrogen-bond acceptors (Lipinski definition) is 5. The molecule has 4 rings (SSSR count). The summed E-state index contributed by atoms with van der Waals surface area (Å²) < 4.78 is 11.4. The van der Waals surface area contributed by atoms with Crippen molar-refractivity contribution in [3.63, 3.8) is 0 Å². The van der Waals surface area contributed by atoms with E-state index in [1.807, 2.05) is 24.1 Å². The third-order valence-corrected chi connectivity index (χ3v) is 5.12. The van der Waals surface area contributed by atoms with Gasteiger partial charge in [0.05, 0.1) is 19.8 Å². The van der Waals surface area contributed by atoms with Crippen molar-refractivity contribution in [3.8, 4) is 5.75 Å². The second-order valence-electron chi connectivity index (χ2n) is 6.94. The maximum Gasteiger partial charge on any atom is 0.290 e. The Balaban J connectivity index is 0.000000569. The number of carbonyl (C=O) groups is 2. The number of para-hydroxylation sites is 1. The normalized spacial score (nSPS) is 24.2. The summed E-state index contributed by atoms with van der Waals surface area (Å²) in [5.41, 5.74) is 1.37. The molecule has 136 valence electrons. The van der Waals surface area contributed by atoms with Gasteiger partial charge in [-0.1, -0.05) is 18.2 Å². The molecule has 0 bridgehead atoms. The predicted molar refractivity (Wildman–Crippen MR) is 90.6 cm³/mol. The Kier molecular flexibility index (Phi) is 5.24. The van der Waals surface area contributed by atoms with E-state index >= 15 is 0 Å². The van der Waals surface area contributed by atoms with Gasteiger partial charge in [-0.3, -0.25) is 14.5 Å². The molecule has 3 aliphatic rings. The van der Waals surface area contributed by atoms with E-state index in [4.69, 9.17) is 19.4 Å². The first-order chi connectivity index (χ1) is 12.1. The highest BCUT2D eigenvalue weighted by Gasteiger charge is 2.49. The van der Waals surface area contributed by atoms with Crippen molar-refractivity contribution in [1.82, 2.24) is 9.80 Å². The zero-order valence-electron chi connectivity index (χ0n) is 14.4. The first kappa shape index (κ1) is 17.7. The third kappa shape index (κ3) is 3.62. The fraction of sp³-hybridized carbons (Fsp3) is 0.556. The molecule has 7 nitrogen and oxygen atoms in total. The highest BCUT2D eigenvalue weighted by atomic mass is 16.5. The number of nitrogens with zero attached hydrogens (tertiary/aromatic N) is 2. The SMILES string of the molecule is CN1CCOC[C@H]1C(=O)N1CC2(COc3ccccc3C2)C1.O=CO. The highest BCUT2D eigenvalue weighted by molar-refractivity contribution is 5.83. The monoisotopic (exact) mass is 348 g/mol. The molecule has 7 heteroatoms. The van der Waals surface area contributed by atoms with Gasteiger partial charge in [0.1, 0.15) is 11.8 Å². The number of benzene rings is 1. The van der Waals surface area contributed by atoms with Crippen LogP contribution < -0.4 is 4.74 Å². The van der Waals surface area contributed by atoms with E-state index in [9.17, 15) is 4.79 Å². The Morgan fingerprint density at radius 1 is 1.36 bits per heavy atom. The molecular formula is C18H24N2O5. The standard InChI is InChI=1S/C17H22N2O3.CH2O2/c1-18-6-7-21-9-14(18)16(20)19-10-17(11-19)8-13-4-2-3-5-15(13)22-12-17;2-1-3/h2-5,14H,6-12H2,1H3;1H,(H,2,3)/t14-;/m0./s1. The Morgan fingerprint density at radius 3 is 2.80 bits per heavy atom. The van der Waals surface area contributed by atoms with E-state index in [-0.39, 0.29) is 23.8 Å². The number of likely N-dealkylation sites (N-methyl/N-ethyl adjacent to an activating group) is 1. The first-order valence-electron chi connectivity index (χ1n) is 8.44. The number of hydrogen-bond donors (Lipinski definition) is 1. The summed E-state index contributed by atoms with van der Waals surface area (Å²) in [4.78, 5) is 25.1. The summed E-state index contributed by atoms with van der Waals surface area (Å²) in [5.74, 6) is 1.20. The molecule has 0 aromatic heterocycles. The molecule has 1 aromatic rings. The van der Waals surface area contributed by atoms with E-state index in [1.54, 1.807) is 0 Å². The summed E-state index contributed by atoms with van der Waals surface area (Å²) in [6.45, 7) is 4.11. The topological polar surface area (TPSA) is 79.3 Å². The Hall–Kier alpha value is -2.12. The van der Waals surface area contributed by atoms with Crippen LogP contribution >= 0.6 is 0 Å². The van der Waals surface area contributed by atoms with Crippen molar-refractivity contribution in [1.29, 1.82) is 0 Å². The van der Waals surface area contributed by atoms with Crippen molar-refractivity contribution in [2.45, 2.75) is 12.5 Å². The van der Waals surface area contributed by atoms with Crippen molar-refractivity contribution >= 4 is 12.4 Å². The molecular weight excluding hydrogens is 324 g/mol. The lowest BCUT2D eigenvalue weighted by Crippen LogP contribution is -2.66. The molecule has 3 aliphatic heterocycles. The van der Waals surface area contributed by atoms with Crippen molar-refractivity contribution in [2.24, 2.45) is 5.41 Å². The molecule has 0 saturated carbocycles. The van der Waals surface area contributed by atoms with Gasteiger partial charge in [0.25, 0.3) is 6.47 Å². The number of carboxylic acid groups (broad SMARTS) is 1. The van der Waals surface area contributed by atoms with Crippen LogP contribution in [-0.2, 0) is 20.7 Å². The minimum Gasteiger partial charge on any atom is -0.493 e. The predicted octanol–water partition coefficient (Wildman–Crippen LogP) is 0.482. The maximum absolute atomic E-state index is 12.6. The molecule has 0 aliphatic carbocycles. The molecule has 1 N–H and O–H groups in total. The summed E-state index contributed by atoms with van der Waals surface area (Å²) in [5, 5.41) is 6.89. The van der Waals surface area contributed by atoms with Crippen LogP contribution in [0.5, 0.6) is 5.75 Å². The minimum absolute atomic E-state index is 0.109. The highest BCUT2D eigenvalue weighted by Crippen LogP contribution is 2.41. The summed E-state index contributed by atoms with van der Waals surface area (Å²) in [7, 11) is 2.00. The van der Waals surface area contributed by atoms with E-state index < -0.39 is 0 Å². The number of amides is 1. The van der Waals surface area contributed by atoms with E-state index in [0.29, 0.717) is 13.2 Å². The van der Waals surface area contributed by atoms with Crippen LogP contribution in [0.15, 0.2) is 24.3 Å². The number of fused-ring (bicyclic) bond motifs is 1. The molecule has 2 fully saturated rings. The van der Waals surface area contributed by atoms with Gasteiger partial charge in [-0.2, -0.15) is 0 Å². The zero-order chi connectivity index (χ0) is 17.9. The lowest BCUT2D eigenvalue weighted by molar-refractivity contribution is -0.157. The summed E-state index contributed by atoms with van der Waals surface area (Å²) >= 11 is 0. The first-order valence-corrected chi connectivity index (χ1v) is 8.44. The molecule has 3 heterocycles. The van der Waals surface area contributed by atoms with Gasteiger partial charge in [-0.15, -0.1) is 0 Å². The number of morpholine rings is 1. The fourth-order valence-corrected chi connectivity index (χ4v) is 3.76. The van der Waals surface area contributed by atoms with Crippen LogP contribution in [0, 0.1) is 5.41 Å². The number of ether oxygens (including phenoxy) is 2. The van der Waals surface area contributed by atoms with Gasteiger partial charge >= 0.3 is 0 Å². The minimum atomic E-state index is -0.250. The lowest BCUT2D eigenvalue weighted by atomic mass is 9.73. The van der Waals surface area contributed by atoms with Gasteiger partial charge in [-0.05, 0) is 25.1 Å². The Labute approximate surface area is 147 Å². The van der Waals surface area contributed by atoms with Crippen LogP contribution in [0.4, 0.5) is 0 Å². The van der Waals surface area contributed by atoms with Crippen LogP contribution in [0.3, 0.4) is 0 Å². The van der Waals surface area contributed by atoms with Crippen molar-refractivity contribution < 1.29 is 24.2 Å². The van der Waals surface area contributed by atoms with Crippen LogP contribution in [-0.4, -0.2) is 79.8 Å². The van der Waals surface area contributed by atoms with E-state index in [2.05, 4.69) is 17.0 Å². The van der Waals surface area contributed by atoms with Crippen molar-refractivity contribution in [3.05, 3.63) is 29.8 Å². The molecule has 25 heavy (non-hydrogen) atoms. The Morgan fingerprint density at radius 2 is 2.08 bits per heavy atom. The zero-order valence-corrected chi connectivity index (χ0v) is 14.4. The second kappa shape index (κ2) is 7.41. The smallest absolute Gasteiger partial charge is 0.290 e. The molecule has 1 spiro atoms. The molecule has 1 atom stereocenters. The largest absolute Gasteiger partial charge is 0.493 e. The van der Waals surface area contributed by atoms with Gasteiger partial charge in [0.15, 0.2) is 0 Å². The second-order valence-corrected chi connectivity index (χ2v) is 6.94. The summed E-state index contributed by atoms with van der Waals surface area (Å²) in [6.07, 6.45) is 1.00. The van der Waals surface area contributed by atoms with Crippen molar-refractivity contribution in [2.75, 3.05) is 46.5 Å². The van der Waals surface area contributed by atoms with Gasteiger partial charge in [0.2, 0.25) is 5.91 Å². The fourth-order valence-electron chi connectivity index (χ4n) is 3.76. The number of likely N-dealkylation sites (tertiary alicyclic amines) is 1. The Bertz CT molecular complexity index is 630. The average molecular weight is 348 g/mol. The quantitative estimate of drug-likeness (QED) is 0.744. The molecule has 2 saturated heterocycles. The average Bonchev–Trinajstić information content (AvgIpc) is 2.60. The van der Waals surface area contributed by atoms with Gasteiger partial charge < -0.3 is 19.5 Å². The van der Waals surface area contributed by atoms with Crippen LogP contribution in [0.2, 0.25) is 0 Å². The number of rotatable bonds is 1. The molecule has 0 unspecified atom stereocenters. The van der Waals surface area contributed by atoms with E-state index in [0.717, 1.165) is 38.4 Å². The third-order valence-electron chi connectivity index (χ3n) is 5.12.